The smallest absolute Gasteiger partial charge is 0.164 e. The SMILES string of the molecule is COc1cc(OC)c(Cl)cc1O. The van der Waals surface area contributed by atoms with E-state index in [1.165, 1.54) is 26.4 Å². The molecular formula is C8H9ClO3. The second-order valence-corrected chi connectivity index (χ2v) is 2.57. The van der Waals surface area contributed by atoms with E-state index in [2.05, 4.69) is 0 Å². The van der Waals surface area contributed by atoms with Crippen LogP contribution in [0.2, 0.25) is 5.02 Å². The first-order valence-electron chi connectivity index (χ1n) is 3.29. The van der Waals surface area contributed by atoms with E-state index >= 15 is 0 Å². The van der Waals surface area contributed by atoms with E-state index in [9.17, 15) is 5.11 Å². The summed E-state index contributed by atoms with van der Waals surface area (Å²) in [6, 6.07) is 2.90. The van der Waals surface area contributed by atoms with Crippen LogP contribution in [-0.4, -0.2) is 19.3 Å². The Bertz CT molecular complexity index is 261. The molecule has 0 unspecified atom stereocenters. The molecule has 1 aromatic rings. The maximum atomic E-state index is 9.25. The van der Waals surface area contributed by atoms with Crippen molar-refractivity contribution < 1.29 is 14.6 Å². The first-order chi connectivity index (χ1) is 5.69. The van der Waals surface area contributed by atoms with Crippen LogP contribution < -0.4 is 9.47 Å². The van der Waals surface area contributed by atoms with E-state index in [1.54, 1.807) is 0 Å². The summed E-state index contributed by atoms with van der Waals surface area (Å²) >= 11 is 5.72. The second-order valence-electron chi connectivity index (χ2n) is 2.16. The summed E-state index contributed by atoms with van der Waals surface area (Å²) in [7, 11) is 2.96. The summed E-state index contributed by atoms with van der Waals surface area (Å²) in [6.07, 6.45) is 0. The number of halogens is 1. The Morgan fingerprint density at radius 1 is 1.17 bits per heavy atom. The predicted molar refractivity (Wildman–Crippen MR) is 46.2 cm³/mol. The molecule has 0 bridgehead atoms. The van der Waals surface area contributed by atoms with Crippen LogP contribution in [0.3, 0.4) is 0 Å². The monoisotopic (exact) mass is 188 g/mol. The minimum absolute atomic E-state index is 0.00306. The number of hydrogen-bond acceptors (Lipinski definition) is 3. The van der Waals surface area contributed by atoms with E-state index in [4.69, 9.17) is 21.1 Å². The van der Waals surface area contributed by atoms with Crippen LogP contribution >= 0.6 is 11.6 Å². The highest BCUT2D eigenvalue weighted by molar-refractivity contribution is 6.32. The summed E-state index contributed by atoms with van der Waals surface area (Å²) in [5, 5.41) is 9.60. The minimum atomic E-state index is 0.00306. The van der Waals surface area contributed by atoms with Crippen molar-refractivity contribution in [2.75, 3.05) is 14.2 Å². The highest BCUT2D eigenvalue weighted by Gasteiger charge is 2.07. The predicted octanol–water partition coefficient (Wildman–Crippen LogP) is 2.06. The fourth-order valence-electron chi connectivity index (χ4n) is 0.844. The fourth-order valence-corrected chi connectivity index (χ4v) is 1.08. The van der Waals surface area contributed by atoms with Crippen molar-refractivity contribution in [3.05, 3.63) is 17.2 Å². The van der Waals surface area contributed by atoms with Gasteiger partial charge in [0.1, 0.15) is 5.75 Å². The Kier molecular flexibility index (Phi) is 2.65. The second kappa shape index (κ2) is 3.54. The average Bonchev–Trinajstić information content (AvgIpc) is 2.05. The van der Waals surface area contributed by atoms with Gasteiger partial charge in [0, 0.05) is 12.1 Å². The normalized spacial score (nSPS) is 9.58. The van der Waals surface area contributed by atoms with Crippen LogP contribution in [0.25, 0.3) is 0 Å². The molecule has 0 aromatic heterocycles. The standard InChI is InChI=1S/C8H9ClO3/c1-11-7-4-8(12-2)6(10)3-5(7)9/h3-4,10H,1-2H3. The molecule has 0 saturated carbocycles. The molecule has 0 aliphatic rings. The molecule has 0 aliphatic carbocycles. The number of rotatable bonds is 2. The third-order valence-corrected chi connectivity index (χ3v) is 1.75. The van der Waals surface area contributed by atoms with Crippen LogP contribution in [0.15, 0.2) is 12.1 Å². The molecule has 0 atom stereocenters. The molecule has 12 heavy (non-hydrogen) atoms. The summed E-state index contributed by atoms with van der Waals surface area (Å²) < 4.78 is 9.77. The summed E-state index contributed by atoms with van der Waals surface area (Å²) in [6.45, 7) is 0. The van der Waals surface area contributed by atoms with E-state index in [1.807, 2.05) is 0 Å². The van der Waals surface area contributed by atoms with Crippen LogP contribution in [-0.2, 0) is 0 Å². The molecule has 0 saturated heterocycles. The van der Waals surface area contributed by atoms with Crippen molar-refractivity contribution in [2.45, 2.75) is 0 Å². The molecule has 0 amide bonds. The zero-order chi connectivity index (χ0) is 9.14. The molecule has 3 nitrogen and oxygen atoms in total. The van der Waals surface area contributed by atoms with Gasteiger partial charge in [0.2, 0.25) is 0 Å². The maximum Gasteiger partial charge on any atom is 0.164 e. The van der Waals surface area contributed by atoms with Gasteiger partial charge in [0.25, 0.3) is 0 Å². The summed E-state index contributed by atoms with van der Waals surface area (Å²) in [4.78, 5) is 0. The van der Waals surface area contributed by atoms with Gasteiger partial charge in [-0.25, -0.2) is 0 Å². The number of hydrogen-bond donors (Lipinski definition) is 1. The summed E-state index contributed by atoms with van der Waals surface area (Å²) in [5.41, 5.74) is 0. The highest BCUT2D eigenvalue weighted by Crippen LogP contribution is 2.36. The van der Waals surface area contributed by atoms with Gasteiger partial charge in [-0.05, 0) is 0 Å². The van der Waals surface area contributed by atoms with Gasteiger partial charge >= 0.3 is 0 Å². The van der Waals surface area contributed by atoms with Crippen LogP contribution in [0.1, 0.15) is 0 Å². The number of ether oxygens (including phenoxy) is 2. The van der Waals surface area contributed by atoms with E-state index < -0.39 is 0 Å². The van der Waals surface area contributed by atoms with Crippen LogP contribution in [0, 0.1) is 0 Å². The van der Waals surface area contributed by atoms with Crippen LogP contribution in [0.5, 0.6) is 17.2 Å². The lowest BCUT2D eigenvalue weighted by Crippen LogP contribution is -1.88. The number of phenols is 1. The van der Waals surface area contributed by atoms with E-state index in [0.717, 1.165) is 0 Å². The molecule has 66 valence electrons. The van der Waals surface area contributed by atoms with Gasteiger partial charge in [-0.3, -0.25) is 0 Å². The Morgan fingerprint density at radius 2 is 1.75 bits per heavy atom. The third-order valence-electron chi connectivity index (χ3n) is 1.45. The molecule has 0 heterocycles. The van der Waals surface area contributed by atoms with E-state index in [-0.39, 0.29) is 5.75 Å². The van der Waals surface area contributed by atoms with Gasteiger partial charge in [0.05, 0.1) is 19.2 Å². The molecule has 0 radical (unpaired) electrons. The zero-order valence-corrected chi connectivity index (χ0v) is 7.55. The molecule has 1 rings (SSSR count). The molecule has 0 aliphatic heterocycles. The lowest BCUT2D eigenvalue weighted by molar-refractivity contribution is 0.364. The first-order valence-corrected chi connectivity index (χ1v) is 3.67. The quantitative estimate of drug-likeness (QED) is 0.772. The molecule has 1 N–H and O–H groups in total. The minimum Gasteiger partial charge on any atom is -0.504 e. The average molecular weight is 189 g/mol. The number of methoxy groups -OCH3 is 2. The van der Waals surface area contributed by atoms with Crippen molar-refractivity contribution in [3.63, 3.8) is 0 Å². The van der Waals surface area contributed by atoms with Crippen LogP contribution in [0.4, 0.5) is 0 Å². The van der Waals surface area contributed by atoms with Gasteiger partial charge in [-0.15, -0.1) is 0 Å². The number of aromatic hydroxyl groups is 1. The Morgan fingerprint density at radius 3 is 2.25 bits per heavy atom. The van der Waals surface area contributed by atoms with Crippen molar-refractivity contribution in [3.8, 4) is 17.2 Å². The first kappa shape index (κ1) is 9.00. The Hall–Kier alpha value is -1.09. The van der Waals surface area contributed by atoms with Gasteiger partial charge in [0.15, 0.2) is 11.5 Å². The van der Waals surface area contributed by atoms with Crippen molar-refractivity contribution in [1.82, 2.24) is 0 Å². The van der Waals surface area contributed by atoms with Crippen molar-refractivity contribution >= 4 is 11.6 Å². The van der Waals surface area contributed by atoms with Crippen molar-refractivity contribution in [1.29, 1.82) is 0 Å². The van der Waals surface area contributed by atoms with Gasteiger partial charge < -0.3 is 14.6 Å². The lowest BCUT2D eigenvalue weighted by Gasteiger charge is -2.07. The highest BCUT2D eigenvalue weighted by atomic mass is 35.5. The molecule has 0 spiro atoms. The molecular weight excluding hydrogens is 180 g/mol. The summed E-state index contributed by atoms with van der Waals surface area (Å²) in [5.74, 6) is 0.825. The van der Waals surface area contributed by atoms with E-state index in [0.29, 0.717) is 16.5 Å². The molecule has 1 aromatic carbocycles. The lowest BCUT2D eigenvalue weighted by atomic mass is 10.3. The van der Waals surface area contributed by atoms with Gasteiger partial charge in [-0.1, -0.05) is 11.6 Å². The van der Waals surface area contributed by atoms with Crippen molar-refractivity contribution in [2.24, 2.45) is 0 Å². The number of benzene rings is 1. The molecule has 4 heteroatoms. The van der Waals surface area contributed by atoms with Gasteiger partial charge in [-0.2, -0.15) is 0 Å². The number of phenolic OH excluding ortho intramolecular Hbond substituents is 1. The fraction of sp³-hybridized carbons (Fsp3) is 0.250. The Balaban J connectivity index is 3.18. The largest absolute Gasteiger partial charge is 0.504 e. The third kappa shape index (κ3) is 1.56. The Labute approximate surface area is 75.5 Å². The maximum absolute atomic E-state index is 9.25. The molecule has 0 fully saturated rings. The topological polar surface area (TPSA) is 38.7 Å². The zero-order valence-electron chi connectivity index (χ0n) is 6.80.